The van der Waals surface area contributed by atoms with E-state index in [1.807, 2.05) is 18.2 Å². The topological polar surface area (TPSA) is 43.7 Å². The lowest BCUT2D eigenvalue weighted by atomic mass is 9.79. The molecule has 2 aromatic rings. The maximum atomic E-state index is 9.24. The van der Waals surface area contributed by atoms with E-state index in [-0.39, 0.29) is 0 Å². The quantitative estimate of drug-likeness (QED) is 0.798. The number of rotatable bonds is 6. The van der Waals surface area contributed by atoms with Crippen molar-refractivity contribution in [1.82, 2.24) is 4.90 Å². The minimum Gasteiger partial charge on any atom is -0.423 e. The maximum Gasteiger partial charge on any atom is 0.488 e. The van der Waals surface area contributed by atoms with Gasteiger partial charge in [-0.25, -0.2) is 0 Å². The first-order chi connectivity index (χ1) is 9.56. The summed E-state index contributed by atoms with van der Waals surface area (Å²) in [6, 6.07) is 12.1. The van der Waals surface area contributed by atoms with Gasteiger partial charge in [-0.2, -0.15) is 0 Å². The summed E-state index contributed by atoms with van der Waals surface area (Å²) in [5.41, 5.74) is 1.64. The third kappa shape index (κ3) is 4.18. The van der Waals surface area contributed by atoms with Crippen LogP contribution in [0.2, 0.25) is 0 Å². The summed E-state index contributed by atoms with van der Waals surface area (Å²) in [5.74, 6) is 0. The van der Waals surface area contributed by atoms with Crippen LogP contribution in [0.15, 0.2) is 41.8 Å². The van der Waals surface area contributed by atoms with Crippen molar-refractivity contribution in [2.45, 2.75) is 33.0 Å². The Balaban J connectivity index is 2.09. The van der Waals surface area contributed by atoms with Crippen molar-refractivity contribution in [1.29, 1.82) is 0 Å². The summed E-state index contributed by atoms with van der Waals surface area (Å²) in [6.45, 7) is 6.08. The van der Waals surface area contributed by atoms with Crippen LogP contribution in [0, 0.1) is 0 Å². The van der Waals surface area contributed by atoms with Crippen LogP contribution in [0.5, 0.6) is 0 Å². The summed E-state index contributed by atoms with van der Waals surface area (Å²) in [6.07, 6.45) is 0. The molecule has 0 spiro atoms. The molecule has 0 fully saturated rings. The number of thiophene rings is 1. The minimum atomic E-state index is -1.40. The van der Waals surface area contributed by atoms with Crippen molar-refractivity contribution < 1.29 is 10.0 Å². The Morgan fingerprint density at radius 3 is 2.55 bits per heavy atom. The van der Waals surface area contributed by atoms with Gasteiger partial charge in [0.1, 0.15) is 0 Å². The smallest absolute Gasteiger partial charge is 0.423 e. The predicted molar refractivity (Wildman–Crippen MR) is 85.0 cm³/mol. The highest BCUT2D eigenvalue weighted by molar-refractivity contribution is 7.09. The van der Waals surface area contributed by atoms with Crippen molar-refractivity contribution in [3.8, 4) is 0 Å². The number of hydrogen-bond acceptors (Lipinski definition) is 4. The molecule has 2 N–H and O–H groups in total. The van der Waals surface area contributed by atoms with E-state index in [1.165, 1.54) is 4.88 Å². The Labute approximate surface area is 124 Å². The van der Waals surface area contributed by atoms with Gasteiger partial charge in [0.05, 0.1) is 0 Å². The molecule has 1 aromatic heterocycles. The Bertz CT molecular complexity index is 528. The molecule has 2 rings (SSSR count). The molecule has 0 radical (unpaired) electrons. The summed E-state index contributed by atoms with van der Waals surface area (Å²) in [7, 11) is -1.40. The fourth-order valence-electron chi connectivity index (χ4n) is 2.11. The zero-order valence-corrected chi connectivity index (χ0v) is 12.7. The molecule has 0 aliphatic rings. The highest BCUT2D eigenvalue weighted by atomic mass is 32.1. The Kier molecular flexibility index (Phi) is 5.37. The maximum absolute atomic E-state index is 9.24. The van der Waals surface area contributed by atoms with Crippen LogP contribution in [-0.4, -0.2) is 28.1 Å². The molecule has 1 aromatic carbocycles. The molecule has 20 heavy (non-hydrogen) atoms. The Morgan fingerprint density at radius 2 is 1.95 bits per heavy atom. The second kappa shape index (κ2) is 7.04. The zero-order chi connectivity index (χ0) is 14.5. The summed E-state index contributed by atoms with van der Waals surface area (Å²) < 4.78 is 0. The van der Waals surface area contributed by atoms with Crippen molar-refractivity contribution in [3.05, 3.63) is 52.2 Å². The molecule has 0 saturated heterocycles. The van der Waals surface area contributed by atoms with Crippen LogP contribution < -0.4 is 5.46 Å². The van der Waals surface area contributed by atoms with Crippen LogP contribution in [-0.2, 0) is 13.1 Å². The Morgan fingerprint density at radius 1 is 1.15 bits per heavy atom. The first kappa shape index (κ1) is 15.3. The second-order valence-corrected chi connectivity index (χ2v) is 6.23. The van der Waals surface area contributed by atoms with Crippen LogP contribution in [0.25, 0.3) is 0 Å². The van der Waals surface area contributed by atoms with E-state index >= 15 is 0 Å². The van der Waals surface area contributed by atoms with E-state index < -0.39 is 7.12 Å². The first-order valence-corrected chi connectivity index (χ1v) is 7.65. The number of benzene rings is 1. The van der Waals surface area contributed by atoms with Gasteiger partial charge in [0.2, 0.25) is 0 Å². The molecule has 0 unspecified atom stereocenters. The lowest BCUT2D eigenvalue weighted by Crippen LogP contribution is -2.32. The van der Waals surface area contributed by atoms with Crippen LogP contribution >= 0.6 is 11.3 Å². The fourth-order valence-corrected chi connectivity index (χ4v) is 2.84. The normalized spacial score (nSPS) is 11.3. The van der Waals surface area contributed by atoms with Gasteiger partial charge in [-0.15, -0.1) is 11.3 Å². The van der Waals surface area contributed by atoms with Gasteiger partial charge in [-0.1, -0.05) is 30.3 Å². The Hall–Kier alpha value is -1.14. The van der Waals surface area contributed by atoms with Gasteiger partial charge in [-0.3, -0.25) is 4.90 Å². The van der Waals surface area contributed by atoms with Gasteiger partial charge in [0, 0.05) is 24.0 Å². The van der Waals surface area contributed by atoms with Gasteiger partial charge in [-0.05, 0) is 36.3 Å². The molecule has 0 aliphatic heterocycles. The van der Waals surface area contributed by atoms with Crippen LogP contribution in [0.1, 0.15) is 24.3 Å². The summed E-state index contributed by atoms with van der Waals surface area (Å²) in [5, 5.41) is 20.6. The van der Waals surface area contributed by atoms with Gasteiger partial charge in [0.15, 0.2) is 0 Å². The molecule has 106 valence electrons. The minimum absolute atomic E-state index is 0.430. The lowest BCUT2D eigenvalue weighted by Gasteiger charge is -2.26. The fraction of sp³-hybridized carbons (Fsp3) is 0.333. The van der Waals surface area contributed by atoms with E-state index in [0.29, 0.717) is 11.5 Å². The average molecular weight is 289 g/mol. The number of hydrogen-bond donors (Lipinski definition) is 2. The monoisotopic (exact) mass is 289 g/mol. The van der Waals surface area contributed by atoms with E-state index in [0.717, 1.165) is 18.7 Å². The zero-order valence-electron chi connectivity index (χ0n) is 11.9. The van der Waals surface area contributed by atoms with E-state index in [1.54, 1.807) is 17.4 Å². The summed E-state index contributed by atoms with van der Waals surface area (Å²) in [4.78, 5) is 3.71. The molecule has 1 heterocycles. The van der Waals surface area contributed by atoms with E-state index in [9.17, 15) is 10.0 Å². The van der Waals surface area contributed by atoms with Gasteiger partial charge in [0.25, 0.3) is 0 Å². The average Bonchev–Trinajstić information content (AvgIpc) is 2.91. The van der Waals surface area contributed by atoms with Crippen molar-refractivity contribution >= 4 is 23.9 Å². The molecule has 3 nitrogen and oxygen atoms in total. The van der Waals surface area contributed by atoms with E-state index in [2.05, 4.69) is 36.3 Å². The lowest BCUT2D eigenvalue weighted by molar-refractivity contribution is 0.205. The van der Waals surface area contributed by atoms with Gasteiger partial charge < -0.3 is 10.0 Å². The van der Waals surface area contributed by atoms with Crippen LogP contribution in [0.4, 0.5) is 0 Å². The molecule has 0 aliphatic carbocycles. The standard InChI is InChI=1S/C15H20BNO2S/c1-12(2)17(11-15-7-4-8-20-15)10-13-5-3-6-14(9-13)16(18)19/h3-9,12,18-19H,10-11H2,1-2H3. The highest BCUT2D eigenvalue weighted by Gasteiger charge is 2.14. The van der Waals surface area contributed by atoms with Crippen molar-refractivity contribution in [2.24, 2.45) is 0 Å². The molecule has 0 saturated carbocycles. The first-order valence-electron chi connectivity index (χ1n) is 6.77. The second-order valence-electron chi connectivity index (χ2n) is 5.20. The summed E-state index contributed by atoms with van der Waals surface area (Å²) >= 11 is 1.77. The largest absolute Gasteiger partial charge is 0.488 e. The van der Waals surface area contributed by atoms with Gasteiger partial charge >= 0.3 is 7.12 Å². The SMILES string of the molecule is CC(C)N(Cc1cccc(B(O)O)c1)Cc1cccs1. The number of nitrogens with zero attached hydrogens (tertiary/aromatic N) is 1. The van der Waals surface area contributed by atoms with Crippen molar-refractivity contribution in [3.63, 3.8) is 0 Å². The molecular weight excluding hydrogens is 269 g/mol. The molecule has 0 atom stereocenters. The molecular formula is C15H20BNO2S. The third-order valence-electron chi connectivity index (χ3n) is 3.30. The molecule has 5 heteroatoms. The van der Waals surface area contributed by atoms with Crippen LogP contribution in [0.3, 0.4) is 0 Å². The molecule has 0 bridgehead atoms. The predicted octanol–water partition coefficient (Wildman–Crippen LogP) is 1.84. The third-order valence-corrected chi connectivity index (χ3v) is 4.17. The highest BCUT2D eigenvalue weighted by Crippen LogP contribution is 2.16. The van der Waals surface area contributed by atoms with E-state index in [4.69, 9.17) is 0 Å². The van der Waals surface area contributed by atoms with Crippen molar-refractivity contribution in [2.75, 3.05) is 0 Å². The molecule has 0 amide bonds.